The summed E-state index contributed by atoms with van der Waals surface area (Å²) in [7, 11) is -3.80. The minimum Gasteiger partial charge on any atom is -0.507 e. The van der Waals surface area contributed by atoms with E-state index in [9.17, 15) is 14.6 Å². The van der Waals surface area contributed by atoms with Crippen LogP contribution in [0, 0.1) is 0 Å². The summed E-state index contributed by atoms with van der Waals surface area (Å²) in [5.41, 5.74) is 0.923. The van der Waals surface area contributed by atoms with Crippen molar-refractivity contribution in [1.29, 1.82) is 0 Å². The lowest BCUT2D eigenvalue weighted by atomic mass is 10.0. The first-order chi connectivity index (χ1) is 8.56. The van der Waals surface area contributed by atoms with Gasteiger partial charge in [-0.2, -0.15) is 0 Å². The van der Waals surface area contributed by atoms with Crippen LogP contribution in [0.25, 0.3) is 11.1 Å². The molecule has 0 saturated carbocycles. The molecule has 0 aliphatic carbocycles. The molecule has 2 aromatic carbocycles. The Bertz CT molecular complexity index is 609. The van der Waals surface area contributed by atoms with Crippen molar-refractivity contribution in [3.05, 3.63) is 48.5 Å². The molecule has 0 saturated heterocycles. The fraction of sp³-hybridized carbons (Fsp3) is 0.0769. The number of aromatic hydroxyl groups is 1. The third-order valence-corrected chi connectivity index (χ3v) is 4.19. The van der Waals surface area contributed by atoms with Crippen LogP contribution in [0.3, 0.4) is 0 Å². The molecule has 0 fully saturated rings. The van der Waals surface area contributed by atoms with Crippen molar-refractivity contribution in [2.24, 2.45) is 0 Å². The molecule has 3 N–H and O–H groups in total. The van der Waals surface area contributed by atoms with E-state index in [4.69, 9.17) is 5.11 Å². The molecule has 1 atom stereocenters. The van der Waals surface area contributed by atoms with Gasteiger partial charge in [0, 0.05) is 10.9 Å². The number of para-hydroxylation sites is 1. The van der Waals surface area contributed by atoms with Gasteiger partial charge in [-0.15, -0.1) is 0 Å². The van der Waals surface area contributed by atoms with E-state index in [1.807, 2.05) is 0 Å². The molecule has 4 nitrogen and oxygen atoms in total. The molecular formula is C13H13O4P. The summed E-state index contributed by atoms with van der Waals surface area (Å²) in [6.07, 6.45) is -0.822. The maximum absolute atomic E-state index is 11.9. The third kappa shape index (κ3) is 2.31. The third-order valence-electron chi connectivity index (χ3n) is 2.67. The van der Waals surface area contributed by atoms with Crippen LogP contribution >= 0.6 is 7.37 Å². The summed E-state index contributed by atoms with van der Waals surface area (Å²) in [5, 5.41) is 19.0. The molecule has 0 radical (unpaired) electrons. The predicted octanol–water partition coefficient (Wildman–Crippen LogP) is 1.90. The predicted molar refractivity (Wildman–Crippen MR) is 70.1 cm³/mol. The second-order valence-corrected chi connectivity index (χ2v) is 6.05. The van der Waals surface area contributed by atoms with E-state index in [1.165, 1.54) is 12.1 Å². The van der Waals surface area contributed by atoms with Crippen LogP contribution in [0.2, 0.25) is 0 Å². The molecular weight excluding hydrogens is 251 g/mol. The van der Waals surface area contributed by atoms with Gasteiger partial charge in [0.1, 0.15) is 12.1 Å². The topological polar surface area (TPSA) is 77.8 Å². The van der Waals surface area contributed by atoms with Gasteiger partial charge >= 0.3 is 0 Å². The molecule has 2 aromatic rings. The first-order valence-electron chi connectivity index (χ1n) is 5.37. The monoisotopic (exact) mass is 264 g/mol. The van der Waals surface area contributed by atoms with Gasteiger partial charge in [-0.1, -0.05) is 36.4 Å². The van der Waals surface area contributed by atoms with Crippen molar-refractivity contribution in [1.82, 2.24) is 0 Å². The molecule has 1 unspecified atom stereocenters. The number of aliphatic hydroxyl groups excluding tert-OH is 1. The number of aliphatic hydroxyl groups is 1. The van der Waals surface area contributed by atoms with E-state index in [1.54, 1.807) is 36.4 Å². The zero-order valence-electron chi connectivity index (χ0n) is 9.52. The van der Waals surface area contributed by atoms with Gasteiger partial charge in [0.15, 0.2) is 0 Å². The first kappa shape index (κ1) is 12.8. The van der Waals surface area contributed by atoms with Gasteiger partial charge in [0.05, 0.1) is 0 Å². The summed E-state index contributed by atoms with van der Waals surface area (Å²) in [5.74, 6) is 0.0305. The standard InChI is InChI=1S/C13H13O4P/c14-9-18(16,17)13-8-4-2-6-11(13)10-5-1-3-7-12(10)15/h1-8,14-15H,9H2,(H,16,17). The van der Waals surface area contributed by atoms with Crippen molar-refractivity contribution >= 4 is 12.7 Å². The van der Waals surface area contributed by atoms with Crippen molar-refractivity contribution in [2.45, 2.75) is 0 Å². The van der Waals surface area contributed by atoms with E-state index in [2.05, 4.69) is 0 Å². The van der Waals surface area contributed by atoms with Crippen molar-refractivity contribution < 1.29 is 19.7 Å². The molecule has 18 heavy (non-hydrogen) atoms. The Morgan fingerprint density at radius 3 is 2.11 bits per heavy atom. The average Bonchev–Trinajstić information content (AvgIpc) is 2.39. The minimum atomic E-state index is -3.80. The van der Waals surface area contributed by atoms with E-state index in [0.29, 0.717) is 11.1 Å². The highest BCUT2D eigenvalue weighted by Gasteiger charge is 2.24. The van der Waals surface area contributed by atoms with Gasteiger partial charge in [-0.05, 0) is 17.7 Å². The number of phenols is 1. The van der Waals surface area contributed by atoms with E-state index in [-0.39, 0.29) is 11.1 Å². The lowest BCUT2D eigenvalue weighted by molar-refractivity contribution is 0.337. The van der Waals surface area contributed by atoms with E-state index >= 15 is 0 Å². The van der Waals surface area contributed by atoms with Crippen molar-refractivity contribution in [3.63, 3.8) is 0 Å². The van der Waals surface area contributed by atoms with E-state index < -0.39 is 13.7 Å². The van der Waals surface area contributed by atoms with E-state index in [0.717, 1.165) is 0 Å². The van der Waals surface area contributed by atoms with Crippen LogP contribution in [0.1, 0.15) is 0 Å². The second-order valence-electron chi connectivity index (χ2n) is 3.88. The van der Waals surface area contributed by atoms with Gasteiger partial charge in [-0.3, -0.25) is 4.57 Å². The lowest BCUT2D eigenvalue weighted by Crippen LogP contribution is -2.10. The van der Waals surface area contributed by atoms with Crippen LogP contribution in [0.15, 0.2) is 48.5 Å². The quantitative estimate of drug-likeness (QED) is 0.740. The highest BCUT2D eigenvalue weighted by atomic mass is 31.2. The Labute approximate surface area is 105 Å². The Balaban J connectivity index is 2.67. The number of benzene rings is 2. The van der Waals surface area contributed by atoms with Gasteiger partial charge in [-0.25, -0.2) is 0 Å². The molecule has 0 spiro atoms. The average molecular weight is 264 g/mol. The first-order valence-corrected chi connectivity index (χ1v) is 7.21. The van der Waals surface area contributed by atoms with Crippen LogP contribution in [0.4, 0.5) is 0 Å². The van der Waals surface area contributed by atoms with Crippen LogP contribution < -0.4 is 5.30 Å². The van der Waals surface area contributed by atoms with Crippen LogP contribution in [-0.2, 0) is 4.57 Å². The Morgan fingerprint density at radius 2 is 1.50 bits per heavy atom. The summed E-state index contributed by atoms with van der Waals surface area (Å²) < 4.78 is 11.9. The fourth-order valence-corrected chi connectivity index (χ4v) is 2.83. The van der Waals surface area contributed by atoms with Crippen LogP contribution in [0.5, 0.6) is 5.75 Å². The number of hydrogen-bond donors (Lipinski definition) is 3. The lowest BCUT2D eigenvalue weighted by Gasteiger charge is -2.14. The Kier molecular flexibility index (Phi) is 3.53. The van der Waals surface area contributed by atoms with Gasteiger partial charge in [0.2, 0.25) is 0 Å². The SMILES string of the molecule is O=P(O)(CO)c1ccccc1-c1ccccc1O. The Morgan fingerprint density at radius 1 is 0.944 bits per heavy atom. The van der Waals surface area contributed by atoms with Crippen molar-refractivity contribution in [2.75, 3.05) is 6.35 Å². The fourth-order valence-electron chi connectivity index (χ4n) is 1.78. The second kappa shape index (κ2) is 4.94. The molecule has 2 rings (SSSR count). The molecule has 0 heterocycles. The van der Waals surface area contributed by atoms with Crippen LogP contribution in [-0.4, -0.2) is 21.5 Å². The zero-order chi connectivity index (χ0) is 13.2. The number of phenolic OH excluding ortho intramolecular Hbond substituents is 1. The largest absolute Gasteiger partial charge is 0.507 e. The Hall–Kier alpha value is -1.61. The van der Waals surface area contributed by atoms with Crippen molar-refractivity contribution in [3.8, 4) is 16.9 Å². The highest BCUT2D eigenvalue weighted by molar-refractivity contribution is 7.66. The maximum Gasteiger partial charge on any atom is 0.254 e. The molecule has 0 aromatic heterocycles. The summed E-state index contributed by atoms with van der Waals surface area (Å²) in [6.45, 7) is 0. The highest BCUT2D eigenvalue weighted by Crippen LogP contribution is 2.42. The molecule has 5 heteroatoms. The molecule has 0 aliphatic rings. The van der Waals surface area contributed by atoms with Gasteiger partial charge < -0.3 is 15.1 Å². The zero-order valence-corrected chi connectivity index (χ0v) is 10.4. The summed E-state index contributed by atoms with van der Waals surface area (Å²) >= 11 is 0. The summed E-state index contributed by atoms with van der Waals surface area (Å²) in [4.78, 5) is 9.75. The molecule has 0 bridgehead atoms. The molecule has 0 aliphatic heterocycles. The number of hydrogen-bond acceptors (Lipinski definition) is 3. The molecule has 0 amide bonds. The van der Waals surface area contributed by atoms with Gasteiger partial charge in [0.25, 0.3) is 7.37 Å². The normalized spacial score (nSPS) is 14.1. The smallest absolute Gasteiger partial charge is 0.254 e. The minimum absolute atomic E-state index is 0.0305. The number of rotatable bonds is 3. The maximum atomic E-state index is 11.9. The molecule has 94 valence electrons. The summed E-state index contributed by atoms with van der Waals surface area (Å²) in [6, 6.07) is 13.0.